The predicted molar refractivity (Wildman–Crippen MR) is 153 cm³/mol. The standard InChI is InChI=1S/C27H41N3O8.C2H6/c1-21(31)20-25(33)11-8-23-6-9-24(10-7-23)30-27(35)5-3-4-26(34)29-13-15-37-17-19-38-18-16-36-14-12-28-22(2)32;1-2/h6-7,9-10H,3-5,8,11-20H2,1-2H3,(H,28,32)(H,29,34)(H,30,35);1-2H3. The SMILES string of the molecule is CC.CC(=O)CC(=O)CCc1ccc(NC(=O)CCCC(=O)NCCOCCOCCOCCNC(C)=O)cc1. The number of anilines is 1. The van der Waals surface area contributed by atoms with Crippen LogP contribution in [0.1, 0.15) is 65.4 Å². The summed E-state index contributed by atoms with van der Waals surface area (Å²) in [5.41, 5.74) is 1.60. The number of ketones is 2. The van der Waals surface area contributed by atoms with E-state index in [-0.39, 0.29) is 48.6 Å². The quantitative estimate of drug-likeness (QED) is 0.143. The first kappa shape index (κ1) is 36.8. The van der Waals surface area contributed by atoms with Gasteiger partial charge in [-0.25, -0.2) is 0 Å². The maximum Gasteiger partial charge on any atom is 0.224 e. The summed E-state index contributed by atoms with van der Waals surface area (Å²) >= 11 is 0. The van der Waals surface area contributed by atoms with E-state index in [0.717, 1.165) is 5.56 Å². The molecule has 0 unspecified atom stereocenters. The number of carbonyl (C=O) groups is 5. The van der Waals surface area contributed by atoms with Gasteiger partial charge in [0.15, 0.2) is 0 Å². The van der Waals surface area contributed by atoms with E-state index in [1.807, 2.05) is 26.0 Å². The summed E-state index contributed by atoms with van der Waals surface area (Å²) in [6.45, 7) is 10.2. The summed E-state index contributed by atoms with van der Waals surface area (Å²) in [5.74, 6) is -0.613. The molecule has 0 fully saturated rings. The second-order valence-corrected chi connectivity index (χ2v) is 8.69. The van der Waals surface area contributed by atoms with Gasteiger partial charge in [0.25, 0.3) is 0 Å². The summed E-state index contributed by atoms with van der Waals surface area (Å²) in [4.78, 5) is 57.3. The Kier molecular flexibility index (Phi) is 22.9. The summed E-state index contributed by atoms with van der Waals surface area (Å²) in [5, 5.41) is 8.18. The minimum Gasteiger partial charge on any atom is -0.377 e. The molecule has 0 saturated heterocycles. The van der Waals surface area contributed by atoms with Crippen LogP contribution < -0.4 is 16.0 Å². The number of amides is 3. The molecule has 1 aromatic rings. The van der Waals surface area contributed by atoms with Crippen LogP contribution in [0.3, 0.4) is 0 Å². The van der Waals surface area contributed by atoms with Crippen LogP contribution in [0, 0.1) is 0 Å². The molecule has 0 atom stereocenters. The highest BCUT2D eigenvalue weighted by atomic mass is 16.5. The van der Waals surface area contributed by atoms with E-state index < -0.39 is 0 Å². The minimum absolute atomic E-state index is 0.0307. The average Bonchev–Trinajstić information content (AvgIpc) is 2.91. The lowest BCUT2D eigenvalue weighted by atomic mass is 10.0. The molecule has 0 saturated carbocycles. The Morgan fingerprint density at radius 2 is 1.20 bits per heavy atom. The fourth-order valence-corrected chi connectivity index (χ4v) is 3.23. The lowest BCUT2D eigenvalue weighted by Crippen LogP contribution is -2.27. The molecule has 0 aromatic heterocycles. The Bertz CT molecular complexity index is 875. The number of benzene rings is 1. The van der Waals surface area contributed by atoms with Crippen LogP contribution in [0.2, 0.25) is 0 Å². The van der Waals surface area contributed by atoms with Crippen molar-refractivity contribution in [3.8, 4) is 0 Å². The molecule has 0 heterocycles. The largest absolute Gasteiger partial charge is 0.377 e. The topological polar surface area (TPSA) is 149 Å². The molecule has 0 aliphatic carbocycles. The fraction of sp³-hybridized carbons (Fsp3) is 0.621. The summed E-state index contributed by atoms with van der Waals surface area (Å²) in [6, 6.07) is 7.21. The zero-order valence-corrected chi connectivity index (χ0v) is 24.5. The maximum absolute atomic E-state index is 12.1. The van der Waals surface area contributed by atoms with Crippen LogP contribution in [-0.2, 0) is 44.6 Å². The predicted octanol–water partition coefficient (Wildman–Crippen LogP) is 2.60. The molecule has 11 nitrogen and oxygen atoms in total. The Balaban J connectivity index is 0.00000742. The maximum atomic E-state index is 12.1. The molecule has 3 amide bonds. The zero-order valence-electron chi connectivity index (χ0n) is 24.5. The van der Waals surface area contributed by atoms with Gasteiger partial charge in [-0.1, -0.05) is 26.0 Å². The van der Waals surface area contributed by atoms with Gasteiger partial charge in [0.1, 0.15) is 11.6 Å². The smallest absolute Gasteiger partial charge is 0.224 e. The van der Waals surface area contributed by atoms with Gasteiger partial charge in [-0.15, -0.1) is 0 Å². The number of aryl methyl sites for hydroxylation is 1. The van der Waals surface area contributed by atoms with Crippen molar-refractivity contribution in [3.05, 3.63) is 29.8 Å². The Morgan fingerprint density at radius 3 is 1.75 bits per heavy atom. The van der Waals surface area contributed by atoms with Crippen LogP contribution in [0.4, 0.5) is 5.69 Å². The normalized spacial score (nSPS) is 10.2. The first-order valence-corrected chi connectivity index (χ1v) is 13.9. The third kappa shape index (κ3) is 22.8. The van der Waals surface area contributed by atoms with Gasteiger partial charge >= 0.3 is 0 Å². The second-order valence-electron chi connectivity index (χ2n) is 8.69. The summed E-state index contributed by atoms with van der Waals surface area (Å²) in [7, 11) is 0. The molecule has 0 bridgehead atoms. The van der Waals surface area contributed by atoms with Crippen LogP contribution in [-0.4, -0.2) is 82.0 Å². The Hall–Kier alpha value is -3.15. The zero-order chi connectivity index (χ0) is 30.0. The highest BCUT2D eigenvalue weighted by molar-refractivity contribution is 5.98. The second kappa shape index (κ2) is 24.9. The van der Waals surface area contributed by atoms with Crippen molar-refractivity contribution >= 4 is 35.0 Å². The number of hydrogen-bond donors (Lipinski definition) is 3. The number of Topliss-reactive ketones (excluding diaryl/α,β-unsaturated/α-hetero) is 2. The van der Waals surface area contributed by atoms with E-state index in [1.165, 1.54) is 13.8 Å². The molecule has 3 N–H and O–H groups in total. The summed E-state index contributed by atoms with van der Waals surface area (Å²) in [6.07, 6.45) is 1.72. The third-order valence-electron chi connectivity index (χ3n) is 5.12. The van der Waals surface area contributed by atoms with Gasteiger partial charge in [0, 0.05) is 45.0 Å². The number of rotatable bonds is 22. The molecular weight excluding hydrogens is 518 g/mol. The molecule has 40 heavy (non-hydrogen) atoms. The van der Waals surface area contributed by atoms with E-state index in [1.54, 1.807) is 12.1 Å². The van der Waals surface area contributed by atoms with Crippen LogP contribution in [0.15, 0.2) is 24.3 Å². The molecular formula is C29H47N3O8. The van der Waals surface area contributed by atoms with Crippen molar-refractivity contribution in [1.29, 1.82) is 0 Å². The van der Waals surface area contributed by atoms with Gasteiger partial charge in [-0.05, 0) is 37.5 Å². The van der Waals surface area contributed by atoms with E-state index in [9.17, 15) is 24.0 Å². The van der Waals surface area contributed by atoms with Crippen LogP contribution in [0.5, 0.6) is 0 Å². The van der Waals surface area contributed by atoms with Crippen molar-refractivity contribution in [2.24, 2.45) is 0 Å². The van der Waals surface area contributed by atoms with Crippen LogP contribution >= 0.6 is 0 Å². The minimum atomic E-state index is -0.177. The van der Waals surface area contributed by atoms with Gasteiger partial charge in [-0.3, -0.25) is 24.0 Å². The Morgan fingerprint density at radius 1 is 0.675 bits per heavy atom. The van der Waals surface area contributed by atoms with Gasteiger partial charge in [0.2, 0.25) is 17.7 Å². The average molecular weight is 566 g/mol. The number of ether oxygens (including phenoxy) is 3. The van der Waals surface area contributed by atoms with E-state index in [0.29, 0.717) is 77.7 Å². The molecule has 0 aliphatic rings. The molecule has 11 heteroatoms. The highest BCUT2D eigenvalue weighted by Gasteiger charge is 2.08. The van der Waals surface area contributed by atoms with Crippen LogP contribution in [0.25, 0.3) is 0 Å². The van der Waals surface area contributed by atoms with Gasteiger partial charge in [-0.2, -0.15) is 0 Å². The third-order valence-corrected chi connectivity index (χ3v) is 5.12. The number of hydrogen-bond acceptors (Lipinski definition) is 8. The van der Waals surface area contributed by atoms with Crippen molar-refractivity contribution in [1.82, 2.24) is 10.6 Å². The van der Waals surface area contributed by atoms with Crippen molar-refractivity contribution < 1.29 is 38.2 Å². The van der Waals surface area contributed by atoms with Gasteiger partial charge in [0.05, 0.1) is 46.1 Å². The van der Waals surface area contributed by atoms with Crippen molar-refractivity contribution in [2.75, 3.05) is 58.0 Å². The molecule has 1 rings (SSSR count). The first-order valence-electron chi connectivity index (χ1n) is 13.9. The lowest BCUT2D eigenvalue weighted by Gasteiger charge is -2.08. The monoisotopic (exact) mass is 565 g/mol. The summed E-state index contributed by atoms with van der Waals surface area (Å²) < 4.78 is 16.0. The fourth-order valence-electron chi connectivity index (χ4n) is 3.23. The van der Waals surface area contributed by atoms with E-state index >= 15 is 0 Å². The molecule has 0 spiro atoms. The molecule has 226 valence electrons. The number of nitrogens with one attached hydrogen (secondary N) is 3. The van der Waals surface area contributed by atoms with Crippen molar-refractivity contribution in [3.63, 3.8) is 0 Å². The lowest BCUT2D eigenvalue weighted by molar-refractivity contribution is -0.126. The first-order chi connectivity index (χ1) is 19.3. The molecule has 0 aliphatic heterocycles. The highest BCUT2D eigenvalue weighted by Crippen LogP contribution is 2.12. The van der Waals surface area contributed by atoms with Gasteiger partial charge < -0.3 is 30.2 Å². The van der Waals surface area contributed by atoms with E-state index in [2.05, 4.69) is 16.0 Å². The Labute approximate surface area is 238 Å². The molecule has 0 radical (unpaired) electrons. The van der Waals surface area contributed by atoms with Crippen molar-refractivity contribution in [2.45, 2.75) is 66.2 Å². The number of carbonyl (C=O) groups excluding carboxylic acids is 5. The molecule has 1 aromatic carbocycles. The van der Waals surface area contributed by atoms with E-state index in [4.69, 9.17) is 14.2 Å².